The van der Waals surface area contributed by atoms with Crippen molar-refractivity contribution >= 4 is 17.9 Å². The lowest BCUT2D eigenvalue weighted by Gasteiger charge is -2.33. The van der Waals surface area contributed by atoms with E-state index >= 15 is 0 Å². The summed E-state index contributed by atoms with van der Waals surface area (Å²) in [6, 6.07) is 0.123. The predicted octanol–water partition coefficient (Wildman–Crippen LogP) is 2.45. The van der Waals surface area contributed by atoms with Crippen LogP contribution in [-0.2, 0) is 14.3 Å². The molecule has 1 saturated heterocycles. The molecule has 2 rings (SSSR count). The Morgan fingerprint density at radius 2 is 1.52 bits per heavy atom. The van der Waals surface area contributed by atoms with E-state index in [4.69, 9.17) is 4.74 Å². The molecule has 2 fully saturated rings. The van der Waals surface area contributed by atoms with E-state index in [0.29, 0.717) is 19.7 Å². The zero-order chi connectivity index (χ0) is 19.6. The summed E-state index contributed by atoms with van der Waals surface area (Å²) in [5.74, 6) is 0.314. The normalized spacial score (nSPS) is 23.6. The molecule has 0 aromatic rings. The first kappa shape index (κ1) is 21.5. The zero-order valence-electron chi connectivity index (χ0n) is 16.8. The van der Waals surface area contributed by atoms with Gasteiger partial charge in [0, 0.05) is 37.5 Å². The van der Waals surface area contributed by atoms with Crippen LogP contribution in [0.4, 0.5) is 4.79 Å². The maximum Gasteiger partial charge on any atom is 0.409 e. The summed E-state index contributed by atoms with van der Waals surface area (Å²) in [4.78, 5) is 38.1. The van der Waals surface area contributed by atoms with Crippen molar-refractivity contribution in [1.29, 1.82) is 0 Å². The predicted molar refractivity (Wildman–Crippen MR) is 103 cm³/mol. The third kappa shape index (κ3) is 6.70. The van der Waals surface area contributed by atoms with Crippen molar-refractivity contribution in [1.82, 2.24) is 15.5 Å². The van der Waals surface area contributed by atoms with Gasteiger partial charge in [0.05, 0.1) is 6.61 Å². The highest BCUT2D eigenvalue weighted by Crippen LogP contribution is 2.29. The molecule has 0 aromatic carbocycles. The number of nitrogens with zero attached hydrogens (tertiary/aromatic N) is 1. The van der Waals surface area contributed by atoms with E-state index in [1.54, 1.807) is 11.8 Å². The fourth-order valence-electron chi connectivity index (χ4n) is 3.89. The molecule has 7 nitrogen and oxygen atoms in total. The molecule has 7 heteroatoms. The number of carbonyl (C=O) groups is 3. The van der Waals surface area contributed by atoms with Crippen LogP contribution in [0.3, 0.4) is 0 Å². The molecule has 2 aliphatic rings. The van der Waals surface area contributed by atoms with Crippen molar-refractivity contribution in [2.75, 3.05) is 26.2 Å². The molecule has 0 spiro atoms. The Morgan fingerprint density at radius 3 is 2.07 bits per heavy atom. The third-order valence-corrected chi connectivity index (χ3v) is 5.67. The van der Waals surface area contributed by atoms with Gasteiger partial charge in [0.1, 0.15) is 0 Å². The van der Waals surface area contributed by atoms with Crippen LogP contribution in [0.15, 0.2) is 0 Å². The number of nitrogens with one attached hydrogen (secondary N) is 2. The molecule has 0 atom stereocenters. The molecule has 0 bridgehead atoms. The average molecular weight is 382 g/mol. The van der Waals surface area contributed by atoms with Crippen LogP contribution in [0.1, 0.15) is 65.2 Å². The summed E-state index contributed by atoms with van der Waals surface area (Å²) in [6.45, 7) is 6.28. The van der Waals surface area contributed by atoms with Gasteiger partial charge in [0.2, 0.25) is 11.8 Å². The van der Waals surface area contributed by atoms with Gasteiger partial charge in [0.25, 0.3) is 0 Å². The number of carbonyl (C=O) groups excluding carboxylic acids is 3. The lowest BCUT2D eigenvalue weighted by atomic mass is 9.81. The lowest BCUT2D eigenvalue weighted by molar-refractivity contribution is -0.131. The first-order valence-corrected chi connectivity index (χ1v) is 10.5. The molecule has 27 heavy (non-hydrogen) atoms. The topological polar surface area (TPSA) is 87.7 Å². The van der Waals surface area contributed by atoms with Gasteiger partial charge >= 0.3 is 6.09 Å². The fraction of sp³-hybridized carbons (Fsp3) is 0.850. The number of likely N-dealkylation sites (tertiary alicyclic amines) is 1. The van der Waals surface area contributed by atoms with E-state index in [9.17, 15) is 14.4 Å². The Balaban J connectivity index is 1.66. The van der Waals surface area contributed by atoms with E-state index in [-0.39, 0.29) is 35.8 Å². The smallest absolute Gasteiger partial charge is 0.409 e. The standard InChI is InChI=1S/C20H35N3O4/c1-3-5-12-21-18(24)15-6-8-16(9-7-15)19(25)22-17-10-13-23(14-11-17)20(26)27-4-2/h15-17H,3-14H2,1-2H3,(H,21,24)(H,22,25). The lowest BCUT2D eigenvalue weighted by Crippen LogP contribution is -2.48. The van der Waals surface area contributed by atoms with Gasteiger partial charge < -0.3 is 20.3 Å². The van der Waals surface area contributed by atoms with E-state index in [2.05, 4.69) is 17.6 Å². The minimum absolute atomic E-state index is 0.00720. The van der Waals surface area contributed by atoms with Gasteiger partial charge in [-0.1, -0.05) is 13.3 Å². The molecule has 1 heterocycles. The fourth-order valence-corrected chi connectivity index (χ4v) is 3.89. The van der Waals surface area contributed by atoms with Crippen molar-refractivity contribution in [3.05, 3.63) is 0 Å². The number of rotatable bonds is 7. The monoisotopic (exact) mass is 381 g/mol. The van der Waals surface area contributed by atoms with Crippen LogP contribution >= 0.6 is 0 Å². The second kappa shape index (κ2) is 11.1. The van der Waals surface area contributed by atoms with Crippen molar-refractivity contribution < 1.29 is 19.1 Å². The second-order valence-electron chi connectivity index (χ2n) is 7.66. The van der Waals surface area contributed by atoms with Gasteiger partial charge in [-0.3, -0.25) is 9.59 Å². The highest BCUT2D eigenvalue weighted by atomic mass is 16.6. The maximum atomic E-state index is 12.6. The molecule has 1 aliphatic carbocycles. The van der Waals surface area contributed by atoms with Gasteiger partial charge in [-0.05, 0) is 51.9 Å². The highest BCUT2D eigenvalue weighted by molar-refractivity contribution is 5.81. The number of ether oxygens (including phenoxy) is 1. The van der Waals surface area contributed by atoms with Crippen molar-refractivity contribution in [2.45, 2.75) is 71.3 Å². The Kier molecular flexibility index (Phi) is 8.88. The molecule has 1 saturated carbocycles. The molecular weight excluding hydrogens is 346 g/mol. The number of hydrogen-bond donors (Lipinski definition) is 2. The van der Waals surface area contributed by atoms with Crippen LogP contribution in [0.25, 0.3) is 0 Å². The van der Waals surface area contributed by atoms with E-state index in [1.165, 1.54) is 0 Å². The first-order valence-electron chi connectivity index (χ1n) is 10.5. The summed E-state index contributed by atoms with van der Waals surface area (Å²) in [7, 11) is 0. The Bertz CT molecular complexity index is 495. The van der Waals surface area contributed by atoms with Crippen LogP contribution < -0.4 is 10.6 Å². The zero-order valence-corrected chi connectivity index (χ0v) is 16.8. The van der Waals surface area contributed by atoms with Gasteiger partial charge in [-0.25, -0.2) is 4.79 Å². The van der Waals surface area contributed by atoms with E-state index in [0.717, 1.165) is 57.9 Å². The number of hydrogen-bond acceptors (Lipinski definition) is 4. The van der Waals surface area contributed by atoms with Crippen molar-refractivity contribution in [3.63, 3.8) is 0 Å². The second-order valence-corrected chi connectivity index (χ2v) is 7.66. The largest absolute Gasteiger partial charge is 0.450 e. The summed E-state index contributed by atoms with van der Waals surface area (Å²) in [5, 5.41) is 6.15. The number of piperidine rings is 1. The van der Waals surface area contributed by atoms with Crippen LogP contribution in [0.2, 0.25) is 0 Å². The van der Waals surface area contributed by atoms with Crippen LogP contribution in [0, 0.1) is 11.8 Å². The molecule has 1 aliphatic heterocycles. The Hall–Kier alpha value is -1.79. The summed E-state index contributed by atoms with van der Waals surface area (Å²) < 4.78 is 5.02. The van der Waals surface area contributed by atoms with Gasteiger partial charge in [0.15, 0.2) is 0 Å². The number of amides is 3. The third-order valence-electron chi connectivity index (χ3n) is 5.67. The van der Waals surface area contributed by atoms with E-state index < -0.39 is 0 Å². The SMILES string of the molecule is CCCCNC(=O)C1CCC(C(=O)NC2CCN(C(=O)OCC)CC2)CC1. The molecule has 0 aromatic heterocycles. The maximum absolute atomic E-state index is 12.6. The summed E-state index contributed by atoms with van der Waals surface area (Å²) in [6.07, 6.45) is 6.48. The highest BCUT2D eigenvalue weighted by Gasteiger charge is 2.31. The minimum atomic E-state index is -0.266. The van der Waals surface area contributed by atoms with Gasteiger partial charge in [-0.15, -0.1) is 0 Å². The van der Waals surface area contributed by atoms with E-state index in [1.807, 2.05) is 0 Å². The molecule has 2 N–H and O–H groups in total. The Morgan fingerprint density at radius 1 is 0.926 bits per heavy atom. The molecule has 0 unspecified atom stereocenters. The summed E-state index contributed by atoms with van der Waals surface area (Å²) in [5.41, 5.74) is 0. The van der Waals surface area contributed by atoms with Crippen molar-refractivity contribution in [2.24, 2.45) is 11.8 Å². The molecular formula is C20H35N3O4. The summed E-state index contributed by atoms with van der Waals surface area (Å²) >= 11 is 0. The molecule has 0 radical (unpaired) electrons. The van der Waals surface area contributed by atoms with Gasteiger partial charge in [-0.2, -0.15) is 0 Å². The van der Waals surface area contributed by atoms with Crippen molar-refractivity contribution in [3.8, 4) is 0 Å². The average Bonchev–Trinajstić information content (AvgIpc) is 2.69. The number of unbranched alkanes of at least 4 members (excludes halogenated alkanes) is 1. The van der Waals surface area contributed by atoms with Crippen LogP contribution in [-0.4, -0.2) is 55.1 Å². The molecule has 154 valence electrons. The Labute approximate surface area is 162 Å². The van der Waals surface area contributed by atoms with Crippen LogP contribution in [0.5, 0.6) is 0 Å². The minimum Gasteiger partial charge on any atom is -0.450 e. The quantitative estimate of drug-likeness (QED) is 0.663. The molecule has 3 amide bonds. The first-order chi connectivity index (χ1) is 13.0.